The second-order valence-electron chi connectivity index (χ2n) is 2.96. The van der Waals surface area contributed by atoms with Crippen molar-refractivity contribution in [2.75, 3.05) is 32.6 Å². The van der Waals surface area contributed by atoms with Gasteiger partial charge >= 0.3 is 0 Å². The van der Waals surface area contributed by atoms with Gasteiger partial charge < -0.3 is 16.4 Å². The van der Waals surface area contributed by atoms with Crippen LogP contribution in [0.3, 0.4) is 0 Å². The molecular formula is C11H27N3. The molecule has 4 N–H and O–H groups in total. The second-order valence-corrected chi connectivity index (χ2v) is 2.96. The van der Waals surface area contributed by atoms with Crippen molar-refractivity contribution in [1.29, 1.82) is 0 Å². The zero-order chi connectivity index (χ0) is 17.6. The molecule has 0 aromatic rings. The van der Waals surface area contributed by atoms with Gasteiger partial charge in [-0.3, -0.25) is 0 Å². The zero-order valence-electron chi connectivity index (χ0n) is 16.9. The lowest BCUT2D eigenvalue weighted by Gasteiger charge is -2.05. The van der Waals surface area contributed by atoms with E-state index in [0.29, 0.717) is 42.8 Å². The van der Waals surface area contributed by atoms with E-state index < -0.39 is 19.4 Å². The summed E-state index contributed by atoms with van der Waals surface area (Å²) in [5.74, 6) is 0. The van der Waals surface area contributed by atoms with E-state index in [1.807, 2.05) is 6.92 Å². The third-order valence-electron chi connectivity index (χ3n) is 1.62. The van der Waals surface area contributed by atoms with Gasteiger partial charge in [-0.15, -0.1) is 0 Å². The highest BCUT2D eigenvalue weighted by atomic mass is 14.9. The monoisotopic (exact) mass is 209 g/mol. The summed E-state index contributed by atoms with van der Waals surface area (Å²) < 4.78 is 62.5. The molecule has 0 aliphatic carbocycles. The van der Waals surface area contributed by atoms with Crippen LogP contribution in [0.25, 0.3) is 0 Å². The summed E-state index contributed by atoms with van der Waals surface area (Å²) in [5.41, 5.74) is 5.33. The van der Waals surface area contributed by atoms with Gasteiger partial charge in [-0.05, 0) is 58.3 Å². The number of rotatable bonds is 11. The Labute approximate surface area is 100 Å². The van der Waals surface area contributed by atoms with Gasteiger partial charge in [0.2, 0.25) is 0 Å². The van der Waals surface area contributed by atoms with Crippen molar-refractivity contribution in [1.82, 2.24) is 10.6 Å². The molecular weight excluding hydrogens is 174 g/mol. The molecule has 0 aliphatic heterocycles. The minimum Gasteiger partial charge on any atom is -0.330 e. The Morgan fingerprint density at radius 1 is 1.14 bits per heavy atom. The van der Waals surface area contributed by atoms with Gasteiger partial charge in [0.15, 0.2) is 0 Å². The van der Waals surface area contributed by atoms with Crippen LogP contribution in [0, 0.1) is 0 Å². The van der Waals surface area contributed by atoms with E-state index in [9.17, 15) is 0 Å². The van der Waals surface area contributed by atoms with Crippen LogP contribution in [-0.4, -0.2) is 32.6 Å². The maximum Gasteiger partial charge on any atom is 0.122 e. The van der Waals surface area contributed by atoms with Crippen LogP contribution >= 0.6 is 0 Å². The summed E-state index contributed by atoms with van der Waals surface area (Å²) >= 11 is 0. The molecule has 0 aromatic heterocycles. The topological polar surface area (TPSA) is 50.1 Å². The Morgan fingerprint density at radius 3 is 2.36 bits per heavy atom. The third kappa shape index (κ3) is 11.9. The summed E-state index contributed by atoms with van der Waals surface area (Å²) in [6.07, 6.45) is -0.852. The smallest absolute Gasteiger partial charge is 0.122 e. The highest BCUT2D eigenvalue weighted by Crippen LogP contribution is 1.84. The molecule has 0 aromatic carbocycles. The first kappa shape index (κ1) is 5.28. The molecule has 0 radical (unpaired) electrons. The minimum atomic E-state index is -3.06. The van der Waals surface area contributed by atoms with Crippen LogP contribution < -0.4 is 16.4 Å². The van der Waals surface area contributed by atoms with Crippen molar-refractivity contribution in [2.45, 2.75) is 39.0 Å². The maximum atomic E-state index is 7.88. The van der Waals surface area contributed by atoms with Crippen LogP contribution in [0.1, 0.15) is 47.2 Å². The molecule has 86 valence electrons. The second kappa shape index (κ2) is 12.9. The molecule has 0 bridgehead atoms. The van der Waals surface area contributed by atoms with Crippen LogP contribution in [-0.2, 0) is 0 Å². The Hall–Kier alpha value is -0.120. The Balaban J connectivity index is 5.13. The fraction of sp³-hybridized carbons (Fsp3) is 1.00. The van der Waals surface area contributed by atoms with E-state index in [4.69, 9.17) is 16.8 Å². The zero-order valence-corrected chi connectivity index (χ0v) is 8.92. The molecule has 3 heteroatoms. The minimum absolute atomic E-state index is 0.00966. The average molecular weight is 209 g/mol. The van der Waals surface area contributed by atoms with Gasteiger partial charge in [0.1, 0.15) is 2.82 Å². The Kier molecular flexibility index (Phi) is 4.86. The van der Waals surface area contributed by atoms with Gasteiger partial charge in [-0.1, -0.05) is 13.3 Å². The quantitative estimate of drug-likeness (QED) is 0.447. The molecule has 0 aliphatic rings. The molecule has 0 spiro atoms. The van der Waals surface area contributed by atoms with Crippen molar-refractivity contribution in [2.24, 2.45) is 5.73 Å². The van der Waals surface area contributed by atoms with E-state index in [0.717, 1.165) is 0 Å². The first-order chi connectivity index (χ1) is 9.96. The molecule has 0 fully saturated rings. The number of nitrogens with two attached hydrogens (primary N) is 1. The third-order valence-corrected chi connectivity index (χ3v) is 1.62. The fourth-order valence-electron chi connectivity index (χ4n) is 0.788. The summed E-state index contributed by atoms with van der Waals surface area (Å²) in [5, 5.41) is 0.843. The summed E-state index contributed by atoms with van der Waals surface area (Å²) in [6.45, 7) is -3.56. The molecule has 0 rings (SSSR count). The van der Waals surface area contributed by atoms with E-state index in [-0.39, 0.29) is 13.1 Å². The summed E-state index contributed by atoms with van der Waals surface area (Å²) in [4.78, 5) is 0. The van der Waals surface area contributed by atoms with Crippen LogP contribution in [0.15, 0.2) is 0 Å². The molecule has 0 amide bonds. The molecule has 0 unspecified atom stereocenters. The standard InChI is InChI=1S/C11H27N3/c1-2-3-8-13-10-6-11-14-9-5-4-7-12/h13-14H,2-12H2,1H3/i6D2,10D2,11D2/hD2. The van der Waals surface area contributed by atoms with E-state index >= 15 is 0 Å². The highest BCUT2D eigenvalue weighted by molar-refractivity contribution is 4.52. The predicted octanol–water partition coefficient (Wildman–Crippen LogP) is 1.09. The number of nitrogens with one attached hydrogen (secondary N) is 2. The normalized spacial score (nSPS) is 22.9. The Bertz CT molecular complexity index is 326. The molecule has 14 heavy (non-hydrogen) atoms. The van der Waals surface area contributed by atoms with E-state index in [1.165, 1.54) is 0 Å². The highest BCUT2D eigenvalue weighted by Gasteiger charge is 1.89. The van der Waals surface area contributed by atoms with Crippen molar-refractivity contribution in [3.8, 4) is 0 Å². The van der Waals surface area contributed by atoms with E-state index in [1.54, 1.807) is 0 Å². The fourth-order valence-corrected chi connectivity index (χ4v) is 0.788. The average Bonchev–Trinajstić information content (AvgIpc) is 2.44. The lowest BCUT2D eigenvalue weighted by Crippen LogP contribution is -2.23. The molecule has 0 saturated carbocycles. The van der Waals surface area contributed by atoms with Crippen molar-refractivity contribution in [3.63, 3.8) is 0 Å². The first-order valence-corrected chi connectivity index (χ1v) is 5.20. The number of hydrogen-bond donors (Lipinski definition) is 3. The molecule has 0 atom stereocenters. The maximum absolute atomic E-state index is 7.88. The van der Waals surface area contributed by atoms with Crippen molar-refractivity contribution >= 4 is 0 Å². The van der Waals surface area contributed by atoms with Gasteiger partial charge in [0.25, 0.3) is 0 Å². The SMILES string of the molecule is [2H]N(CCCC)C([2H])([2H])C([2H])([2H])C([2H])([2H])N([2H])CCCCN. The van der Waals surface area contributed by atoms with Crippen LogP contribution in [0.5, 0.6) is 0 Å². The number of hydrogen-bond acceptors (Lipinski definition) is 3. The lowest BCUT2D eigenvalue weighted by atomic mass is 10.3. The molecule has 3 nitrogen and oxygen atoms in total. The largest absolute Gasteiger partial charge is 0.330 e. The van der Waals surface area contributed by atoms with E-state index in [2.05, 4.69) is 0 Å². The van der Waals surface area contributed by atoms with Crippen molar-refractivity contribution in [3.05, 3.63) is 0 Å². The molecule has 0 heterocycles. The van der Waals surface area contributed by atoms with Crippen molar-refractivity contribution < 1.29 is 11.0 Å². The lowest BCUT2D eigenvalue weighted by molar-refractivity contribution is 0.568. The number of unbranched alkanes of at least 4 members (excludes halogenated alkanes) is 2. The van der Waals surface area contributed by atoms with Crippen LogP contribution in [0.2, 0.25) is 2.82 Å². The van der Waals surface area contributed by atoms with Gasteiger partial charge in [-0.25, -0.2) is 0 Å². The first-order valence-electron chi connectivity index (χ1n) is 9.09. The van der Waals surface area contributed by atoms with Crippen LogP contribution in [0.4, 0.5) is 0 Å². The van der Waals surface area contributed by atoms with Gasteiger partial charge in [-0.2, -0.15) is 0 Å². The molecule has 0 saturated heterocycles. The van der Waals surface area contributed by atoms with Gasteiger partial charge in [0.05, 0.1) is 0 Å². The predicted molar refractivity (Wildman–Crippen MR) is 63.6 cm³/mol. The summed E-state index contributed by atoms with van der Waals surface area (Å²) in [7, 11) is 0. The van der Waals surface area contributed by atoms with Gasteiger partial charge in [0, 0.05) is 8.22 Å². The Morgan fingerprint density at radius 2 is 1.79 bits per heavy atom. The summed E-state index contributed by atoms with van der Waals surface area (Å²) in [6, 6.07) is 0.